The summed E-state index contributed by atoms with van der Waals surface area (Å²) in [5.41, 5.74) is 0.724. The smallest absolute Gasteiger partial charge is 0.199 e. The first-order valence-corrected chi connectivity index (χ1v) is 5.38. The molecule has 1 aromatic carbocycles. The summed E-state index contributed by atoms with van der Waals surface area (Å²) in [6.45, 7) is 0.787. The highest BCUT2D eigenvalue weighted by Crippen LogP contribution is 2.14. The van der Waals surface area contributed by atoms with Gasteiger partial charge in [0.1, 0.15) is 5.75 Å². The molecule has 1 aliphatic heterocycles. The van der Waals surface area contributed by atoms with Crippen molar-refractivity contribution >= 4 is 5.78 Å². The molecule has 0 spiro atoms. The molecule has 0 aliphatic carbocycles. The summed E-state index contributed by atoms with van der Waals surface area (Å²) < 4.78 is 10.5. The molecule has 0 saturated heterocycles. The molecule has 0 unspecified atom stereocenters. The van der Waals surface area contributed by atoms with E-state index in [-0.39, 0.29) is 12.4 Å². The fourth-order valence-corrected chi connectivity index (χ4v) is 1.53. The lowest BCUT2D eigenvalue weighted by molar-refractivity contribution is -0.117. The molecule has 1 aliphatic rings. The van der Waals surface area contributed by atoms with Crippen LogP contribution >= 0.6 is 0 Å². The van der Waals surface area contributed by atoms with Gasteiger partial charge in [-0.3, -0.25) is 4.79 Å². The van der Waals surface area contributed by atoms with Crippen molar-refractivity contribution in [2.24, 2.45) is 0 Å². The normalized spacial score (nSPS) is 14.9. The zero-order valence-corrected chi connectivity index (χ0v) is 9.02. The summed E-state index contributed by atoms with van der Waals surface area (Å²) in [5, 5.41) is 0. The fourth-order valence-electron chi connectivity index (χ4n) is 1.53. The molecule has 0 atom stereocenters. The summed E-state index contributed by atoms with van der Waals surface area (Å²) in [7, 11) is 0. The van der Waals surface area contributed by atoms with Crippen LogP contribution in [-0.2, 0) is 9.53 Å². The van der Waals surface area contributed by atoms with Gasteiger partial charge in [0.25, 0.3) is 0 Å². The average molecular weight is 218 g/mol. The topological polar surface area (TPSA) is 35.5 Å². The minimum absolute atomic E-state index is 0.00329. The molecule has 0 aromatic heterocycles. The molecule has 3 heteroatoms. The van der Waals surface area contributed by atoms with Gasteiger partial charge in [-0.25, -0.2) is 0 Å². The van der Waals surface area contributed by atoms with Gasteiger partial charge < -0.3 is 9.47 Å². The van der Waals surface area contributed by atoms with E-state index in [9.17, 15) is 4.79 Å². The Kier molecular flexibility index (Phi) is 3.59. The number of Topliss-reactive ketones (excluding diaryl/α,β-unsaturated/α-hetero) is 1. The van der Waals surface area contributed by atoms with Gasteiger partial charge in [-0.2, -0.15) is 0 Å². The van der Waals surface area contributed by atoms with Crippen LogP contribution < -0.4 is 4.74 Å². The maximum absolute atomic E-state index is 11.7. The fraction of sp³-hybridized carbons (Fsp3) is 0.308. The Bertz CT molecular complexity index is 381. The third-order valence-electron chi connectivity index (χ3n) is 2.41. The Morgan fingerprint density at radius 3 is 2.81 bits per heavy atom. The minimum atomic E-state index is 0.00329. The quantitative estimate of drug-likeness (QED) is 0.778. The van der Waals surface area contributed by atoms with Crippen molar-refractivity contribution in [1.82, 2.24) is 0 Å². The highest BCUT2D eigenvalue weighted by molar-refractivity contribution is 5.96. The maximum atomic E-state index is 11.7. The number of ether oxygens (including phenoxy) is 2. The van der Waals surface area contributed by atoms with Crippen molar-refractivity contribution in [1.29, 1.82) is 0 Å². The first-order chi connectivity index (χ1) is 7.86. The molecule has 3 nitrogen and oxygen atoms in total. The van der Waals surface area contributed by atoms with Crippen LogP contribution in [0.5, 0.6) is 5.75 Å². The first-order valence-electron chi connectivity index (χ1n) is 5.38. The van der Waals surface area contributed by atoms with Crippen LogP contribution in [0.25, 0.3) is 0 Å². The number of para-hydroxylation sites is 1. The standard InChI is InChI=1S/C13H14O3/c14-13(11-5-4-8-15-9-11)10-16-12-6-2-1-3-7-12/h1-3,6-7,9H,4-5,8,10H2. The Balaban J connectivity index is 1.86. The number of carbonyl (C=O) groups excluding carboxylic acids is 1. The molecule has 2 rings (SSSR count). The van der Waals surface area contributed by atoms with E-state index in [1.165, 1.54) is 0 Å². The highest BCUT2D eigenvalue weighted by Gasteiger charge is 2.13. The van der Waals surface area contributed by atoms with Crippen molar-refractivity contribution in [2.45, 2.75) is 12.8 Å². The lowest BCUT2D eigenvalue weighted by atomic mass is 10.1. The lowest BCUT2D eigenvalue weighted by Crippen LogP contribution is -2.16. The predicted octanol–water partition coefficient (Wildman–Crippen LogP) is 2.33. The van der Waals surface area contributed by atoms with E-state index in [4.69, 9.17) is 9.47 Å². The largest absolute Gasteiger partial charge is 0.501 e. The van der Waals surface area contributed by atoms with E-state index in [2.05, 4.69) is 0 Å². The molecule has 0 saturated carbocycles. The van der Waals surface area contributed by atoms with Crippen LogP contribution in [0.4, 0.5) is 0 Å². The zero-order chi connectivity index (χ0) is 11.2. The van der Waals surface area contributed by atoms with Crippen molar-refractivity contribution in [2.75, 3.05) is 13.2 Å². The molecule has 0 N–H and O–H groups in total. The van der Waals surface area contributed by atoms with Crippen LogP contribution in [0.15, 0.2) is 42.2 Å². The lowest BCUT2D eigenvalue weighted by Gasteiger charge is -2.12. The number of ketones is 1. The highest BCUT2D eigenvalue weighted by atomic mass is 16.5. The molecule has 1 aromatic rings. The van der Waals surface area contributed by atoms with E-state index < -0.39 is 0 Å². The van der Waals surface area contributed by atoms with Crippen molar-refractivity contribution in [3.05, 3.63) is 42.2 Å². The van der Waals surface area contributed by atoms with Crippen LogP contribution in [-0.4, -0.2) is 19.0 Å². The first kappa shape index (κ1) is 10.7. The predicted molar refractivity (Wildman–Crippen MR) is 60.2 cm³/mol. The van der Waals surface area contributed by atoms with Crippen molar-refractivity contribution < 1.29 is 14.3 Å². The molecule has 84 valence electrons. The molecular weight excluding hydrogens is 204 g/mol. The molecule has 1 heterocycles. The molecule has 0 fully saturated rings. The number of benzene rings is 1. The maximum Gasteiger partial charge on any atom is 0.199 e. The molecule has 16 heavy (non-hydrogen) atoms. The van der Waals surface area contributed by atoms with E-state index in [0.29, 0.717) is 12.4 Å². The number of hydrogen-bond acceptors (Lipinski definition) is 3. The molecular formula is C13H14O3. The van der Waals surface area contributed by atoms with Gasteiger partial charge in [0.15, 0.2) is 12.4 Å². The average Bonchev–Trinajstić information content (AvgIpc) is 2.38. The second-order valence-corrected chi connectivity index (χ2v) is 3.64. The second kappa shape index (κ2) is 5.35. The summed E-state index contributed by atoms with van der Waals surface area (Å²) in [6, 6.07) is 9.33. The van der Waals surface area contributed by atoms with E-state index in [1.807, 2.05) is 30.3 Å². The molecule has 0 amide bonds. The Morgan fingerprint density at radius 1 is 1.31 bits per heavy atom. The van der Waals surface area contributed by atoms with Crippen LogP contribution in [0, 0.1) is 0 Å². The van der Waals surface area contributed by atoms with E-state index in [1.54, 1.807) is 6.26 Å². The van der Waals surface area contributed by atoms with Gasteiger partial charge in [-0.15, -0.1) is 0 Å². The van der Waals surface area contributed by atoms with Gasteiger partial charge >= 0.3 is 0 Å². The van der Waals surface area contributed by atoms with Crippen LogP contribution in [0.1, 0.15) is 12.8 Å². The number of hydrogen-bond donors (Lipinski definition) is 0. The molecule has 0 radical (unpaired) electrons. The van der Waals surface area contributed by atoms with Gasteiger partial charge in [0.05, 0.1) is 12.9 Å². The third-order valence-corrected chi connectivity index (χ3v) is 2.41. The van der Waals surface area contributed by atoms with Gasteiger partial charge in [0.2, 0.25) is 0 Å². The number of carbonyl (C=O) groups is 1. The van der Waals surface area contributed by atoms with E-state index >= 15 is 0 Å². The summed E-state index contributed by atoms with van der Waals surface area (Å²) >= 11 is 0. The van der Waals surface area contributed by atoms with Gasteiger partial charge in [0, 0.05) is 5.57 Å². The van der Waals surface area contributed by atoms with Gasteiger partial charge in [-0.1, -0.05) is 18.2 Å². The Morgan fingerprint density at radius 2 is 2.12 bits per heavy atom. The van der Waals surface area contributed by atoms with Crippen LogP contribution in [0.2, 0.25) is 0 Å². The summed E-state index contributed by atoms with van der Waals surface area (Å²) in [5.74, 6) is 0.719. The zero-order valence-electron chi connectivity index (χ0n) is 9.02. The second-order valence-electron chi connectivity index (χ2n) is 3.64. The Labute approximate surface area is 94.7 Å². The van der Waals surface area contributed by atoms with Crippen LogP contribution in [0.3, 0.4) is 0 Å². The minimum Gasteiger partial charge on any atom is -0.501 e. The number of rotatable bonds is 4. The van der Waals surface area contributed by atoms with Crippen molar-refractivity contribution in [3.63, 3.8) is 0 Å². The monoisotopic (exact) mass is 218 g/mol. The molecule has 0 bridgehead atoms. The summed E-state index contributed by atoms with van der Waals surface area (Å²) in [6.07, 6.45) is 3.25. The SMILES string of the molecule is O=C(COc1ccccc1)C1=COCCC1. The Hall–Kier alpha value is -1.77. The third kappa shape index (κ3) is 2.86. The van der Waals surface area contributed by atoms with Crippen molar-refractivity contribution in [3.8, 4) is 5.75 Å². The van der Waals surface area contributed by atoms with Gasteiger partial charge in [-0.05, 0) is 25.0 Å². The van der Waals surface area contributed by atoms with E-state index in [0.717, 1.165) is 18.4 Å². The summed E-state index contributed by atoms with van der Waals surface area (Å²) in [4.78, 5) is 11.7.